The van der Waals surface area contributed by atoms with E-state index in [9.17, 15) is 4.79 Å². The van der Waals surface area contributed by atoms with E-state index in [1.54, 1.807) is 0 Å². The highest BCUT2D eigenvalue weighted by Gasteiger charge is 2.20. The molecule has 0 saturated heterocycles. The Balaban J connectivity index is 2.72. The smallest absolute Gasteiger partial charge is 0.166 e. The van der Waals surface area contributed by atoms with Crippen LogP contribution >= 0.6 is 0 Å². The summed E-state index contributed by atoms with van der Waals surface area (Å²) < 4.78 is 0. The molecule has 1 atom stereocenters. The summed E-state index contributed by atoms with van der Waals surface area (Å²) in [5.41, 5.74) is 2.05. The number of carbonyl (C=O) groups excluding carboxylic acids is 1. The van der Waals surface area contributed by atoms with Crippen molar-refractivity contribution < 1.29 is 4.79 Å². The molecule has 1 rings (SSSR count). The van der Waals surface area contributed by atoms with Crippen molar-refractivity contribution in [2.45, 2.75) is 65.7 Å². The highest BCUT2D eigenvalue weighted by atomic mass is 16.1. The fourth-order valence-corrected chi connectivity index (χ4v) is 2.57. The van der Waals surface area contributed by atoms with Crippen molar-refractivity contribution in [1.82, 2.24) is 0 Å². The van der Waals surface area contributed by atoms with Crippen LogP contribution in [0.4, 0.5) is 0 Å². The van der Waals surface area contributed by atoms with Crippen LogP contribution in [0.1, 0.15) is 74.7 Å². The van der Waals surface area contributed by atoms with Gasteiger partial charge in [0.05, 0.1) is 0 Å². The van der Waals surface area contributed by atoms with Crippen LogP contribution in [0, 0.1) is 12.8 Å². The fraction of sp³-hybridized carbons (Fsp3) is 0.611. The number of unbranched alkanes of at least 4 members (excludes halogenated alkanes) is 3. The third kappa shape index (κ3) is 5.18. The Morgan fingerprint density at radius 1 is 1.00 bits per heavy atom. The topological polar surface area (TPSA) is 17.1 Å². The first-order valence-corrected chi connectivity index (χ1v) is 7.80. The number of aryl methyl sites for hydroxylation is 1. The van der Waals surface area contributed by atoms with Gasteiger partial charge in [0.15, 0.2) is 5.78 Å². The standard InChI is InChI=1S/C18H28O/c1-4-6-8-13-16(12-7-5-2)18(19)17-14-10-9-11-15(17)3/h9-11,14,16H,4-8,12-13H2,1-3H3. The summed E-state index contributed by atoms with van der Waals surface area (Å²) in [6.45, 7) is 6.45. The molecule has 0 aliphatic rings. The lowest BCUT2D eigenvalue weighted by Crippen LogP contribution is -2.16. The van der Waals surface area contributed by atoms with Crippen LogP contribution in [-0.2, 0) is 0 Å². The monoisotopic (exact) mass is 260 g/mol. The summed E-state index contributed by atoms with van der Waals surface area (Å²) >= 11 is 0. The molecule has 0 bridgehead atoms. The fourth-order valence-electron chi connectivity index (χ4n) is 2.57. The number of hydrogen-bond acceptors (Lipinski definition) is 1. The van der Waals surface area contributed by atoms with Crippen molar-refractivity contribution >= 4 is 5.78 Å². The van der Waals surface area contributed by atoms with E-state index >= 15 is 0 Å². The van der Waals surface area contributed by atoms with E-state index in [1.165, 1.54) is 25.7 Å². The summed E-state index contributed by atoms with van der Waals surface area (Å²) in [6.07, 6.45) is 8.08. The van der Waals surface area contributed by atoms with Crippen molar-refractivity contribution in [2.24, 2.45) is 5.92 Å². The van der Waals surface area contributed by atoms with E-state index in [0.29, 0.717) is 5.78 Å². The largest absolute Gasteiger partial charge is 0.294 e. The highest BCUT2D eigenvalue weighted by molar-refractivity contribution is 5.99. The molecule has 1 heteroatoms. The summed E-state index contributed by atoms with van der Waals surface area (Å²) in [5, 5.41) is 0. The van der Waals surface area contributed by atoms with Gasteiger partial charge in [-0.3, -0.25) is 4.79 Å². The van der Waals surface area contributed by atoms with Gasteiger partial charge in [-0.05, 0) is 25.3 Å². The first-order chi connectivity index (χ1) is 9.20. The second kappa shape index (κ2) is 8.90. The van der Waals surface area contributed by atoms with Gasteiger partial charge in [0.2, 0.25) is 0 Å². The average Bonchev–Trinajstić information content (AvgIpc) is 2.42. The van der Waals surface area contributed by atoms with Gasteiger partial charge in [0.1, 0.15) is 0 Å². The van der Waals surface area contributed by atoms with Crippen molar-refractivity contribution in [3.8, 4) is 0 Å². The Bertz CT molecular complexity index is 381. The quantitative estimate of drug-likeness (QED) is 0.419. The molecule has 0 aliphatic heterocycles. The minimum atomic E-state index is 0.229. The average molecular weight is 260 g/mol. The maximum absolute atomic E-state index is 12.7. The van der Waals surface area contributed by atoms with Crippen LogP contribution < -0.4 is 0 Å². The summed E-state index contributed by atoms with van der Waals surface area (Å²) in [7, 11) is 0. The first kappa shape index (κ1) is 15.9. The minimum Gasteiger partial charge on any atom is -0.294 e. The molecule has 0 radical (unpaired) electrons. The first-order valence-electron chi connectivity index (χ1n) is 7.80. The van der Waals surface area contributed by atoms with Crippen LogP contribution in [0.25, 0.3) is 0 Å². The van der Waals surface area contributed by atoms with Crippen molar-refractivity contribution in [2.75, 3.05) is 0 Å². The molecule has 1 aromatic rings. The number of carbonyl (C=O) groups is 1. The third-order valence-corrected chi connectivity index (χ3v) is 3.84. The van der Waals surface area contributed by atoms with Crippen LogP contribution in [0.2, 0.25) is 0 Å². The molecule has 0 N–H and O–H groups in total. The van der Waals surface area contributed by atoms with Crippen LogP contribution in [0.5, 0.6) is 0 Å². The summed E-state index contributed by atoms with van der Waals surface area (Å²) in [4.78, 5) is 12.7. The van der Waals surface area contributed by atoms with Crippen molar-refractivity contribution in [3.63, 3.8) is 0 Å². The Morgan fingerprint density at radius 3 is 2.26 bits per heavy atom. The Hall–Kier alpha value is -1.11. The lowest BCUT2D eigenvalue weighted by molar-refractivity contribution is 0.0901. The van der Waals surface area contributed by atoms with E-state index in [4.69, 9.17) is 0 Å². The molecule has 0 amide bonds. The van der Waals surface area contributed by atoms with Gasteiger partial charge in [-0.1, -0.05) is 70.2 Å². The molecule has 0 aliphatic carbocycles. The zero-order valence-corrected chi connectivity index (χ0v) is 12.7. The number of rotatable bonds is 9. The van der Waals surface area contributed by atoms with E-state index in [1.807, 2.05) is 31.2 Å². The predicted molar refractivity (Wildman–Crippen MR) is 82.7 cm³/mol. The van der Waals surface area contributed by atoms with E-state index in [2.05, 4.69) is 13.8 Å². The molecular weight excluding hydrogens is 232 g/mol. The van der Waals surface area contributed by atoms with Crippen LogP contribution in [0.15, 0.2) is 24.3 Å². The maximum atomic E-state index is 12.7. The minimum absolute atomic E-state index is 0.229. The molecule has 0 fully saturated rings. The zero-order valence-electron chi connectivity index (χ0n) is 12.7. The van der Waals surface area contributed by atoms with Gasteiger partial charge in [0, 0.05) is 11.5 Å². The highest BCUT2D eigenvalue weighted by Crippen LogP contribution is 2.23. The van der Waals surface area contributed by atoms with Gasteiger partial charge in [0.25, 0.3) is 0 Å². The number of benzene rings is 1. The molecule has 1 unspecified atom stereocenters. The molecule has 0 saturated carbocycles. The van der Waals surface area contributed by atoms with Gasteiger partial charge in [-0.25, -0.2) is 0 Å². The Labute approximate surface area is 118 Å². The van der Waals surface area contributed by atoms with Gasteiger partial charge in [-0.2, -0.15) is 0 Å². The lowest BCUT2D eigenvalue weighted by atomic mass is 9.87. The van der Waals surface area contributed by atoms with Gasteiger partial charge < -0.3 is 0 Å². The summed E-state index contributed by atoms with van der Waals surface area (Å²) in [5.74, 6) is 0.593. The maximum Gasteiger partial charge on any atom is 0.166 e. The molecule has 106 valence electrons. The molecule has 0 heterocycles. The molecule has 0 aromatic heterocycles. The van der Waals surface area contributed by atoms with E-state index in [0.717, 1.165) is 30.4 Å². The van der Waals surface area contributed by atoms with Gasteiger partial charge in [-0.15, -0.1) is 0 Å². The molecule has 19 heavy (non-hydrogen) atoms. The van der Waals surface area contributed by atoms with Crippen molar-refractivity contribution in [3.05, 3.63) is 35.4 Å². The predicted octanol–water partition coefficient (Wildman–Crippen LogP) is 5.56. The lowest BCUT2D eigenvalue weighted by Gasteiger charge is -2.16. The second-order valence-corrected chi connectivity index (χ2v) is 5.51. The summed E-state index contributed by atoms with van der Waals surface area (Å²) in [6, 6.07) is 8.00. The second-order valence-electron chi connectivity index (χ2n) is 5.51. The van der Waals surface area contributed by atoms with E-state index in [-0.39, 0.29) is 5.92 Å². The molecule has 1 nitrogen and oxygen atoms in total. The molecule has 1 aromatic carbocycles. The van der Waals surface area contributed by atoms with Crippen molar-refractivity contribution in [1.29, 1.82) is 0 Å². The Kier molecular flexibility index (Phi) is 7.47. The number of Topliss-reactive ketones (excluding diaryl/α,β-unsaturated/α-hetero) is 1. The van der Waals surface area contributed by atoms with Gasteiger partial charge >= 0.3 is 0 Å². The molecular formula is C18H28O. The number of hydrogen-bond donors (Lipinski definition) is 0. The van der Waals surface area contributed by atoms with E-state index < -0.39 is 0 Å². The Morgan fingerprint density at radius 2 is 1.63 bits per heavy atom. The SMILES string of the molecule is CCCCCC(CCCC)C(=O)c1ccccc1C. The zero-order chi connectivity index (χ0) is 14.1. The third-order valence-electron chi connectivity index (χ3n) is 3.84. The van der Waals surface area contributed by atoms with Crippen LogP contribution in [-0.4, -0.2) is 5.78 Å². The van der Waals surface area contributed by atoms with Crippen LogP contribution in [0.3, 0.4) is 0 Å². The molecule has 0 spiro atoms. The normalized spacial score (nSPS) is 12.4. The number of ketones is 1.